The van der Waals surface area contributed by atoms with Crippen molar-refractivity contribution in [1.82, 2.24) is 5.32 Å². The molecule has 6 heteroatoms. The number of benzene rings is 1. The molecule has 19 heavy (non-hydrogen) atoms. The van der Waals surface area contributed by atoms with Crippen LogP contribution in [-0.2, 0) is 9.59 Å². The van der Waals surface area contributed by atoms with Gasteiger partial charge in [-0.25, -0.2) is 4.79 Å². The van der Waals surface area contributed by atoms with Crippen molar-refractivity contribution in [2.75, 3.05) is 18.0 Å². The number of aliphatic carboxylic acids is 1. The van der Waals surface area contributed by atoms with Crippen LogP contribution in [0.2, 0.25) is 0 Å². The number of piperazine rings is 1. The summed E-state index contributed by atoms with van der Waals surface area (Å²) >= 11 is 0. The maximum Gasteiger partial charge on any atom is 0.328 e. The molecule has 1 atom stereocenters. The first-order valence-electron chi connectivity index (χ1n) is 5.87. The molecule has 0 spiro atoms. The molecule has 0 saturated carbocycles. The van der Waals surface area contributed by atoms with Gasteiger partial charge in [-0.2, -0.15) is 0 Å². The summed E-state index contributed by atoms with van der Waals surface area (Å²) in [6.45, 7) is 1.70. The van der Waals surface area contributed by atoms with Crippen LogP contribution in [0.3, 0.4) is 0 Å². The minimum absolute atomic E-state index is 0.0913. The number of amides is 1. The van der Waals surface area contributed by atoms with Crippen molar-refractivity contribution in [3.63, 3.8) is 0 Å². The van der Waals surface area contributed by atoms with Crippen LogP contribution < -0.4 is 10.2 Å². The third-order valence-corrected chi connectivity index (χ3v) is 3.01. The second-order valence-corrected chi connectivity index (χ2v) is 4.36. The zero-order valence-corrected chi connectivity index (χ0v) is 10.4. The lowest BCUT2D eigenvalue weighted by molar-refractivity contribution is -0.140. The van der Waals surface area contributed by atoms with Crippen molar-refractivity contribution >= 4 is 23.3 Å². The number of anilines is 1. The molecule has 1 aromatic carbocycles. The summed E-state index contributed by atoms with van der Waals surface area (Å²) in [6.07, 6.45) is 0. The van der Waals surface area contributed by atoms with Crippen LogP contribution in [0.15, 0.2) is 24.3 Å². The number of hydrogen-bond donors (Lipinski definition) is 2. The standard InChI is InChI=1S/C13H14N2O4/c1-8(16)9-3-2-4-10(5-9)15-11(13(18)19)6-14-7-12(15)17/h2-5,11,14H,6-7H2,1H3,(H,18,19). The van der Waals surface area contributed by atoms with Gasteiger partial charge in [0.05, 0.1) is 6.54 Å². The van der Waals surface area contributed by atoms with Gasteiger partial charge in [0.15, 0.2) is 5.78 Å². The second kappa shape index (κ2) is 5.19. The summed E-state index contributed by atoms with van der Waals surface area (Å²) < 4.78 is 0. The number of carboxylic acid groups (broad SMARTS) is 1. The average Bonchev–Trinajstić information content (AvgIpc) is 2.38. The van der Waals surface area contributed by atoms with Gasteiger partial charge in [0.25, 0.3) is 0 Å². The first-order valence-corrected chi connectivity index (χ1v) is 5.87. The molecule has 1 aliphatic heterocycles. The first-order chi connectivity index (χ1) is 9.00. The second-order valence-electron chi connectivity index (χ2n) is 4.36. The minimum Gasteiger partial charge on any atom is -0.480 e. The van der Waals surface area contributed by atoms with Gasteiger partial charge in [0.1, 0.15) is 6.04 Å². The predicted molar refractivity (Wildman–Crippen MR) is 68.2 cm³/mol. The van der Waals surface area contributed by atoms with Crippen molar-refractivity contribution in [1.29, 1.82) is 0 Å². The zero-order valence-electron chi connectivity index (χ0n) is 10.4. The molecular weight excluding hydrogens is 248 g/mol. The molecular formula is C13H14N2O4. The topological polar surface area (TPSA) is 86.7 Å². The fraction of sp³-hybridized carbons (Fsp3) is 0.308. The van der Waals surface area contributed by atoms with Crippen LogP contribution in [-0.4, -0.2) is 41.9 Å². The zero-order chi connectivity index (χ0) is 14.0. The molecule has 0 aromatic heterocycles. The van der Waals surface area contributed by atoms with Crippen LogP contribution in [0.25, 0.3) is 0 Å². The maximum absolute atomic E-state index is 11.9. The molecule has 0 aliphatic carbocycles. The lowest BCUT2D eigenvalue weighted by Gasteiger charge is -2.33. The number of carbonyl (C=O) groups is 3. The third-order valence-electron chi connectivity index (χ3n) is 3.01. The summed E-state index contributed by atoms with van der Waals surface area (Å²) in [7, 11) is 0. The van der Waals surface area contributed by atoms with Gasteiger partial charge in [-0.1, -0.05) is 12.1 Å². The molecule has 100 valence electrons. The Balaban J connectivity index is 2.41. The lowest BCUT2D eigenvalue weighted by atomic mass is 10.1. The van der Waals surface area contributed by atoms with Crippen molar-refractivity contribution in [2.24, 2.45) is 0 Å². The highest BCUT2D eigenvalue weighted by Gasteiger charge is 2.34. The van der Waals surface area contributed by atoms with Crippen LogP contribution in [0, 0.1) is 0 Å². The van der Waals surface area contributed by atoms with Gasteiger partial charge in [-0.3, -0.25) is 14.5 Å². The monoisotopic (exact) mass is 262 g/mol. The minimum atomic E-state index is -1.08. The molecule has 1 aliphatic rings. The van der Waals surface area contributed by atoms with E-state index in [-0.39, 0.29) is 24.8 Å². The summed E-state index contributed by atoms with van der Waals surface area (Å²) in [6, 6.07) is 5.49. The van der Waals surface area contributed by atoms with Gasteiger partial charge >= 0.3 is 5.97 Å². The summed E-state index contributed by atoms with van der Waals surface area (Å²) in [4.78, 5) is 35.7. The molecule has 2 rings (SSSR count). The maximum atomic E-state index is 11.9. The Morgan fingerprint density at radius 3 is 2.79 bits per heavy atom. The van der Waals surface area contributed by atoms with Crippen LogP contribution in [0.1, 0.15) is 17.3 Å². The number of nitrogens with zero attached hydrogens (tertiary/aromatic N) is 1. The van der Waals surface area contributed by atoms with E-state index in [4.69, 9.17) is 5.11 Å². The van der Waals surface area contributed by atoms with Gasteiger partial charge < -0.3 is 10.4 Å². The van der Waals surface area contributed by atoms with E-state index < -0.39 is 12.0 Å². The molecule has 1 aromatic rings. The van der Waals surface area contributed by atoms with E-state index in [0.717, 1.165) is 0 Å². The Hall–Kier alpha value is -2.21. The van der Waals surface area contributed by atoms with E-state index in [1.54, 1.807) is 24.3 Å². The van der Waals surface area contributed by atoms with E-state index >= 15 is 0 Å². The number of carbonyl (C=O) groups excluding carboxylic acids is 2. The summed E-state index contributed by atoms with van der Waals surface area (Å²) in [5.74, 6) is -1.52. The van der Waals surface area contributed by atoms with Gasteiger partial charge in [0.2, 0.25) is 5.91 Å². The van der Waals surface area contributed by atoms with Crippen molar-refractivity contribution < 1.29 is 19.5 Å². The molecule has 1 saturated heterocycles. The summed E-state index contributed by atoms with van der Waals surface area (Å²) in [5.41, 5.74) is 0.888. The van der Waals surface area contributed by atoms with Gasteiger partial charge in [-0.05, 0) is 19.1 Å². The largest absolute Gasteiger partial charge is 0.480 e. The molecule has 6 nitrogen and oxygen atoms in total. The summed E-state index contributed by atoms with van der Waals surface area (Å²) in [5, 5.41) is 11.9. The number of rotatable bonds is 3. The number of ketones is 1. The Labute approximate surface area is 110 Å². The van der Waals surface area contributed by atoms with E-state index in [2.05, 4.69) is 5.32 Å². The van der Waals surface area contributed by atoms with Crippen LogP contribution in [0.5, 0.6) is 0 Å². The molecule has 0 radical (unpaired) electrons. The Kier molecular flexibility index (Phi) is 3.62. The fourth-order valence-corrected chi connectivity index (χ4v) is 2.06. The Morgan fingerprint density at radius 1 is 1.42 bits per heavy atom. The van der Waals surface area contributed by atoms with Gasteiger partial charge in [-0.15, -0.1) is 0 Å². The van der Waals surface area contributed by atoms with Crippen molar-refractivity contribution in [3.8, 4) is 0 Å². The third kappa shape index (κ3) is 2.63. The predicted octanol–water partition coefficient (Wildman–Crippen LogP) is 0.279. The Bertz CT molecular complexity index is 541. The highest BCUT2D eigenvalue weighted by Crippen LogP contribution is 2.21. The van der Waals surface area contributed by atoms with Crippen LogP contribution >= 0.6 is 0 Å². The molecule has 1 amide bonds. The fourth-order valence-electron chi connectivity index (χ4n) is 2.06. The lowest BCUT2D eigenvalue weighted by Crippen LogP contribution is -2.58. The average molecular weight is 262 g/mol. The van der Waals surface area contributed by atoms with Gasteiger partial charge in [0, 0.05) is 17.8 Å². The highest BCUT2D eigenvalue weighted by molar-refractivity contribution is 6.03. The molecule has 0 bridgehead atoms. The molecule has 1 heterocycles. The van der Waals surface area contributed by atoms with Crippen molar-refractivity contribution in [2.45, 2.75) is 13.0 Å². The number of hydrogen-bond acceptors (Lipinski definition) is 4. The number of Topliss-reactive ketones (excluding diaryl/α,β-unsaturated/α-hetero) is 1. The SMILES string of the molecule is CC(=O)c1cccc(N2C(=O)CNCC2C(=O)O)c1. The van der Waals surface area contributed by atoms with Crippen LogP contribution in [0.4, 0.5) is 5.69 Å². The highest BCUT2D eigenvalue weighted by atomic mass is 16.4. The van der Waals surface area contributed by atoms with E-state index in [9.17, 15) is 14.4 Å². The molecule has 2 N–H and O–H groups in total. The number of carboxylic acids is 1. The first kappa shape index (κ1) is 13.2. The van der Waals surface area contributed by atoms with E-state index in [0.29, 0.717) is 11.3 Å². The number of nitrogens with one attached hydrogen (secondary N) is 1. The smallest absolute Gasteiger partial charge is 0.328 e. The van der Waals surface area contributed by atoms with Crippen molar-refractivity contribution in [3.05, 3.63) is 29.8 Å². The normalized spacial score (nSPS) is 19.3. The van der Waals surface area contributed by atoms with E-state index in [1.807, 2.05) is 0 Å². The van der Waals surface area contributed by atoms with E-state index in [1.165, 1.54) is 11.8 Å². The quantitative estimate of drug-likeness (QED) is 0.764. The molecule has 1 unspecified atom stereocenters. The molecule has 1 fully saturated rings. The Morgan fingerprint density at radius 2 is 2.16 bits per heavy atom.